The van der Waals surface area contributed by atoms with Crippen molar-refractivity contribution < 1.29 is 14.6 Å². The van der Waals surface area contributed by atoms with Crippen molar-refractivity contribution in [2.75, 3.05) is 19.5 Å². The van der Waals surface area contributed by atoms with E-state index in [2.05, 4.69) is 0 Å². The molecule has 0 aromatic heterocycles. The van der Waals surface area contributed by atoms with Crippen LogP contribution in [-0.4, -0.2) is 24.9 Å². The molecule has 2 rings (SSSR count). The van der Waals surface area contributed by atoms with E-state index in [-0.39, 0.29) is 6.10 Å². The zero-order chi connectivity index (χ0) is 11.5. The molecule has 0 radical (unpaired) electrons. The van der Waals surface area contributed by atoms with Crippen LogP contribution in [0, 0.1) is 0 Å². The van der Waals surface area contributed by atoms with Crippen LogP contribution in [0.1, 0.15) is 24.5 Å². The summed E-state index contributed by atoms with van der Waals surface area (Å²) in [6.45, 7) is 0.714. The summed E-state index contributed by atoms with van der Waals surface area (Å²) in [5.41, 5.74) is 7.10. The summed E-state index contributed by atoms with van der Waals surface area (Å²) in [6.07, 6.45) is 1.05. The summed E-state index contributed by atoms with van der Waals surface area (Å²) >= 11 is 0. The van der Waals surface area contributed by atoms with Crippen LogP contribution in [0.5, 0.6) is 5.75 Å². The fourth-order valence-corrected chi connectivity index (χ4v) is 1.99. The van der Waals surface area contributed by atoms with Crippen LogP contribution in [0.3, 0.4) is 0 Å². The van der Waals surface area contributed by atoms with Gasteiger partial charge in [0.15, 0.2) is 0 Å². The van der Waals surface area contributed by atoms with Crippen LogP contribution in [0.25, 0.3) is 0 Å². The summed E-state index contributed by atoms with van der Waals surface area (Å²) in [5, 5.41) is 10.2. The highest BCUT2D eigenvalue weighted by Gasteiger charge is 2.26. The summed E-state index contributed by atoms with van der Waals surface area (Å²) in [4.78, 5) is 0. The van der Waals surface area contributed by atoms with Crippen LogP contribution in [-0.2, 0) is 4.74 Å². The van der Waals surface area contributed by atoms with Gasteiger partial charge in [-0.15, -0.1) is 0 Å². The Morgan fingerprint density at radius 1 is 1.56 bits per heavy atom. The van der Waals surface area contributed by atoms with E-state index in [0.29, 0.717) is 23.6 Å². The monoisotopic (exact) mass is 223 g/mol. The molecule has 16 heavy (non-hydrogen) atoms. The van der Waals surface area contributed by atoms with Crippen molar-refractivity contribution in [3.63, 3.8) is 0 Å². The maximum Gasteiger partial charge on any atom is 0.119 e. The number of anilines is 1. The van der Waals surface area contributed by atoms with Crippen molar-refractivity contribution in [2.45, 2.75) is 25.0 Å². The number of hydrogen-bond donors (Lipinski definition) is 2. The van der Waals surface area contributed by atoms with Gasteiger partial charge in [0, 0.05) is 17.9 Å². The van der Waals surface area contributed by atoms with Crippen molar-refractivity contribution >= 4 is 5.69 Å². The average Bonchev–Trinajstić information content (AvgIpc) is 2.82. The molecule has 0 spiro atoms. The standard InChI is InChI=1S/C12H17NO3/c1-15-8-4-5-10(13)9(7-8)12(14)11-3-2-6-16-11/h4-5,7,11-12,14H,2-3,6,13H2,1H3. The lowest BCUT2D eigenvalue weighted by molar-refractivity contribution is -0.00229. The van der Waals surface area contributed by atoms with Gasteiger partial charge in [-0.2, -0.15) is 0 Å². The van der Waals surface area contributed by atoms with E-state index >= 15 is 0 Å². The number of benzene rings is 1. The Bertz CT molecular complexity index is 361. The molecule has 1 aromatic carbocycles. The summed E-state index contributed by atoms with van der Waals surface area (Å²) in [6, 6.07) is 5.29. The number of rotatable bonds is 3. The second-order valence-electron chi connectivity index (χ2n) is 3.99. The summed E-state index contributed by atoms with van der Waals surface area (Å²) in [5.74, 6) is 0.696. The Hall–Kier alpha value is -1.26. The Morgan fingerprint density at radius 3 is 3.00 bits per heavy atom. The predicted molar refractivity (Wildman–Crippen MR) is 61.3 cm³/mol. The molecule has 0 amide bonds. The Morgan fingerprint density at radius 2 is 2.38 bits per heavy atom. The number of nitrogens with two attached hydrogens (primary N) is 1. The third-order valence-corrected chi connectivity index (χ3v) is 2.93. The quantitative estimate of drug-likeness (QED) is 0.762. The minimum Gasteiger partial charge on any atom is -0.497 e. The molecule has 0 saturated carbocycles. The molecular formula is C12H17NO3. The molecule has 2 unspecified atom stereocenters. The lowest BCUT2D eigenvalue weighted by atomic mass is 10.0. The van der Waals surface area contributed by atoms with E-state index < -0.39 is 6.10 Å². The van der Waals surface area contributed by atoms with E-state index in [1.165, 1.54) is 0 Å². The second-order valence-corrected chi connectivity index (χ2v) is 3.99. The number of nitrogen functional groups attached to an aromatic ring is 1. The molecule has 1 fully saturated rings. The lowest BCUT2D eigenvalue weighted by Gasteiger charge is -2.19. The number of ether oxygens (including phenoxy) is 2. The van der Waals surface area contributed by atoms with Gasteiger partial charge in [0.05, 0.1) is 13.2 Å². The highest BCUT2D eigenvalue weighted by molar-refractivity contribution is 5.51. The highest BCUT2D eigenvalue weighted by atomic mass is 16.5. The zero-order valence-electron chi connectivity index (χ0n) is 9.35. The molecule has 0 bridgehead atoms. The first kappa shape index (κ1) is 11.2. The topological polar surface area (TPSA) is 64.7 Å². The van der Waals surface area contributed by atoms with Crippen molar-refractivity contribution in [1.29, 1.82) is 0 Å². The largest absolute Gasteiger partial charge is 0.497 e. The summed E-state index contributed by atoms with van der Waals surface area (Å²) < 4.78 is 10.6. The van der Waals surface area contributed by atoms with Gasteiger partial charge in [0.1, 0.15) is 11.9 Å². The maximum absolute atomic E-state index is 10.2. The Balaban J connectivity index is 2.23. The third-order valence-electron chi connectivity index (χ3n) is 2.93. The molecule has 4 heteroatoms. The normalized spacial score (nSPS) is 22.0. The zero-order valence-corrected chi connectivity index (χ0v) is 9.35. The van der Waals surface area contributed by atoms with Crippen molar-refractivity contribution in [2.24, 2.45) is 0 Å². The molecular weight excluding hydrogens is 206 g/mol. The molecule has 2 atom stereocenters. The molecule has 1 aliphatic heterocycles. The second kappa shape index (κ2) is 4.72. The number of methoxy groups -OCH3 is 1. The predicted octanol–water partition coefficient (Wildman–Crippen LogP) is 1.49. The molecule has 3 N–H and O–H groups in total. The summed E-state index contributed by atoms with van der Waals surface area (Å²) in [7, 11) is 1.59. The third kappa shape index (κ3) is 2.13. The van der Waals surface area contributed by atoms with Gasteiger partial charge >= 0.3 is 0 Å². The highest BCUT2D eigenvalue weighted by Crippen LogP contribution is 2.32. The minimum atomic E-state index is -0.669. The van der Waals surface area contributed by atoms with Crippen molar-refractivity contribution in [3.8, 4) is 5.75 Å². The van der Waals surface area contributed by atoms with Gasteiger partial charge in [-0.25, -0.2) is 0 Å². The lowest BCUT2D eigenvalue weighted by Crippen LogP contribution is -2.18. The Labute approximate surface area is 95.0 Å². The molecule has 1 aromatic rings. The van der Waals surface area contributed by atoms with Gasteiger partial charge in [0.2, 0.25) is 0 Å². The first-order valence-electron chi connectivity index (χ1n) is 5.45. The van der Waals surface area contributed by atoms with Crippen LogP contribution < -0.4 is 10.5 Å². The smallest absolute Gasteiger partial charge is 0.119 e. The molecule has 0 aliphatic carbocycles. The fourth-order valence-electron chi connectivity index (χ4n) is 1.99. The SMILES string of the molecule is COc1ccc(N)c(C(O)C2CCCO2)c1. The van der Waals surface area contributed by atoms with E-state index in [1.54, 1.807) is 25.3 Å². The van der Waals surface area contributed by atoms with Crippen molar-refractivity contribution in [3.05, 3.63) is 23.8 Å². The first-order valence-corrected chi connectivity index (χ1v) is 5.45. The van der Waals surface area contributed by atoms with Crippen LogP contribution in [0.2, 0.25) is 0 Å². The van der Waals surface area contributed by atoms with E-state index in [1.807, 2.05) is 0 Å². The molecule has 88 valence electrons. The van der Waals surface area contributed by atoms with Gasteiger partial charge in [-0.05, 0) is 31.0 Å². The van der Waals surface area contributed by atoms with E-state index in [9.17, 15) is 5.11 Å². The van der Waals surface area contributed by atoms with Gasteiger partial charge in [-0.3, -0.25) is 0 Å². The van der Waals surface area contributed by atoms with E-state index in [0.717, 1.165) is 12.8 Å². The number of hydrogen-bond acceptors (Lipinski definition) is 4. The van der Waals surface area contributed by atoms with Crippen LogP contribution >= 0.6 is 0 Å². The van der Waals surface area contributed by atoms with Crippen LogP contribution in [0.4, 0.5) is 5.69 Å². The molecule has 1 heterocycles. The van der Waals surface area contributed by atoms with Crippen molar-refractivity contribution in [1.82, 2.24) is 0 Å². The minimum absolute atomic E-state index is 0.144. The molecule has 1 aliphatic rings. The average molecular weight is 223 g/mol. The molecule has 1 saturated heterocycles. The number of aliphatic hydroxyl groups excluding tert-OH is 1. The fraction of sp³-hybridized carbons (Fsp3) is 0.500. The Kier molecular flexibility index (Phi) is 3.31. The van der Waals surface area contributed by atoms with Gasteiger partial charge in [0.25, 0.3) is 0 Å². The first-order chi connectivity index (χ1) is 7.72. The maximum atomic E-state index is 10.2. The molecule has 4 nitrogen and oxygen atoms in total. The number of aliphatic hydroxyl groups is 1. The van der Waals surface area contributed by atoms with Crippen LogP contribution in [0.15, 0.2) is 18.2 Å². The van der Waals surface area contributed by atoms with Gasteiger partial charge < -0.3 is 20.3 Å². The van der Waals surface area contributed by atoms with E-state index in [4.69, 9.17) is 15.2 Å². The van der Waals surface area contributed by atoms with Gasteiger partial charge in [-0.1, -0.05) is 0 Å².